The third-order valence-corrected chi connectivity index (χ3v) is 4.39. The van der Waals surface area contributed by atoms with Crippen molar-refractivity contribution in [2.75, 3.05) is 25.4 Å². The van der Waals surface area contributed by atoms with Gasteiger partial charge in [0.15, 0.2) is 0 Å². The normalized spacial score (nSPS) is 19.5. The fraction of sp³-hybridized carbons (Fsp3) is 0.538. The first-order valence-corrected chi connectivity index (χ1v) is 8.19. The average Bonchev–Trinajstić information content (AvgIpc) is 2.91. The van der Waals surface area contributed by atoms with E-state index < -0.39 is 10.0 Å². The van der Waals surface area contributed by atoms with Crippen LogP contribution < -0.4 is 14.8 Å². The fourth-order valence-electron chi connectivity index (χ4n) is 2.02. The summed E-state index contributed by atoms with van der Waals surface area (Å²) < 4.78 is 31.5. The van der Waals surface area contributed by atoms with Crippen LogP contribution in [0.2, 0.25) is 0 Å². The first kappa shape index (κ1) is 14.3. The monoisotopic (exact) mass is 284 g/mol. The summed E-state index contributed by atoms with van der Waals surface area (Å²) in [4.78, 5) is 0. The van der Waals surface area contributed by atoms with E-state index >= 15 is 0 Å². The summed E-state index contributed by atoms with van der Waals surface area (Å²) in [6.45, 7) is 1.61. The standard InChI is InChI=1S/C13H20N2O3S/c16-19(17,15-11-12-5-4-8-14-12)10-9-18-13-6-2-1-3-7-13/h1-3,6-7,12,14-15H,4-5,8-11H2/t12-/m0/s1. The van der Waals surface area contributed by atoms with Crippen LogP contribution in [0.3, 0.4) is 0 Å². The van der Waals surface area contributed by atoms with Crippen molar-refractivity contribution in [2.24, 2.45) is 0 Å². The lowest BCUT2D eigenvalue weighted by atomic mass is 10.2. The third kappa shape index (κ3) is 5.18. The van der Waals surface area contributed by atoms with Gasteiger partial charge < -0.3 is 10.1 Å². The molecule has 0 unspecified atom stereocenters. The molecule has 19 heavy (non-hydrogen) atoms. The summed E-state index contributed by atoms with van der Waals surface area (Å²) in [6.07, 6.45) is 2.15. The van der Waals surface area contributed by atoms with Gasteiger partial charge in [-0.15, -0.1) is 0 Å². The molecule has 0 radical (unpaired) electrons. The third-order valence-electron chi connectivity index (χ3n) is 3.08. The van der Waals surface area contributed by atoms with Crippen LogP contribution in [0.4, 0.5) is 0 Å². The second-order valence-corrected chi connectivity index (χ2v) is 6.55. The van der Waals surface area contributed by atoms with Gasteiger partial charge in [0.05, 0.1) is 5.75 Å². The summed E-state index contributed by atoms with van der Waals surface area (Å²) in [5.74, 6) is 0.671. The highest BCUT2D eigenvalue weighted by Gasteiger charge is 2.17. The number of hydrogen-bond acceptors (Lipinski definition) is 4. The molecule has 0 saturated carbocycles. The molecule has 5 nitrogen and oxygen atoms in total. The van der Waals surface area contributed by atoms with Gasteiger partial charge in [0.1, 0.15) is 12.4 Å². The van der Waals surface area contributed by atoms with Gasteiger partial charge >= 0.3 is 0 Å². The average molecular weight is 284 g/mol. The van der Waals surface area contributed by atoms with E-state index in [9.17, 15) is 8.42 Å². The topological polar surface area (TPSA) is 67.4 Å². The Hall–Kier alpha value is -1.11. The molecule has 1 aliphatic rings. The van der Waals surface area contributed by atoms with Gasteiger partial charge in [-0.2, -0.15) is 0 Å². The van der Waals surface area contributed by atoms with Crippen LogP contribution in [0.25, 0.3) is 0 Å². The van der Waals surface area contributed by atoms with Crippen molar-refractivity contribution < 1.29 is 13.2 Å². The minimum Gasteiger partial charge on any atom is -0.492 e. The number of para-hydroxylation sites is 1. The van der Waals surface area contributed by atoms with E-state index in [0.29, 0.717) is 12.3 Å². The van der Waals surface area contributed by atoms with Gasteiger partial charge in [-0.3, -0.25) is 0 Å². The molecule has 2 rings (SSSR count). The van der Waals surface area contributed by atoms with Crippen molar-refractivity contribution >= 4 is 10.0 Å². The van der Waals surface area contributed by atoms with Gasteiger partial charge in [0.2, 0.25) is 10.0 Å². The highest BCUT2D eigenvalue weighted by molar-refractivity contribution is 7.89. The number of nitrogens with one attached hydrogen (secondary N) is 2. The Morgan fingerprint density at radius 1 is 1.32 bits per heavy atom. The molecular formula is C13H20N2O3S. The molecule has 1 saturated heterocycles. The predicted octanol–water partition coefficient (Wildman–Crippen LogP) is 0.737. The van der Waals surface area contributed by atoms with Crippen LogP contribution in [-0.2, 0) is 10.0 Å². The zero-order valence-electron chi connectivity index (χ0n) is 10.8. The lowest BCUT2D eigenvalue weighted by Crippen LogP contribution is -2.39. The van der Waals surface area contributed by atoms with Gasteiger partial charge in [-0.1, -0.05) is 18.2 Å². The van der Waals surface area contributed by atoms with E-state index in [1.54, 1.807) is 0 Å². The second kappa shape index (κ2) is 6.88. The predicted molar refractivity (Wildman–Crippen MR) is 74.8 cm³/mol. The Kier molecular flexibility index (Phi) is 5.18. The number of ether oxygens (including phenoxy) is 1. The molecule has 0 aromatic heterocycles. The first-order valence-electron chi connectivity index (χ1n) is 6.54. The van der Waals surface area contributed by atoms with E-state index in [0.717, 1.165) is 19.4 Å². The maximum absolute atomic E-state index is 11.8. The number of sulfonamides is 1. The van der Waals surface area contributed by atoms with Crippen LogP contribution >= 0.6 is 0 Å². The summed E-state index contributed by atoms with van der Waals surface area (Å²) in [5.41, 5.74) is 0. The fourth-order valence-corrected chi connectivity index (χ4v) is 2.92. The molecular weight excluding hydrogens is 264 g/mol. The molecule has 0 bridgehead atoms. The first-order chi connectivity index (χ1) is 9.16. The molecule has 1 aromatic rings. The SMILES string of the molecule is O=S(=O)(CCOc1ccccc1)NC[C@@H]1CCCN1. The maximum Gasteiger partial charge on any atom is 0.215 e. The molecule has 0 amide bonds. The lowest BCUT2D eigenvalue weighted by Gasteiger charge is -2.12. The second-order valence-electron chi connectivity index (χ2n) is 4.62. The molecule has 1 fully saturated rings. The molecule has 1 atom stereocenters. The largest absolute Gasteiger partial charge is 0.492 e. The molecule has 1 aliphatic heterocycles. The molecule has 106 valence electrons. The molecule has 6 heteroatoms. The van der Waals surface area contributed by atoms with Crippen LogP contribution in [0.15, 0.2) is 30.3 Å². The van der Waals surface area contributed by atoms with Crippen LogP contribution in [-0.4, -0.2) is 39.9 Å². The zero-order valence-corrected chi connectivity index (χ0v) is 11.7. The Morgan fingerprint density at radius 3 is 2.79 bits per heavy atom. The zero-order chi connectivity index (χ0) is 13.6. The van der Waals surface area contributed by atoms with Crippen molar-refractivity contribution in [3.63, 3.8) is 0 Å². The summed E-state index contributed by atoms with van der Waals surface area (Å²) in [5, 5.41) is 3.25. The number of benzene rings is 1. The highest BCUT2D eigenvalue weighted by atomic mass is 32.2. The van der Waals surface area contributed by atoms with E-state index in [1.807, 2.05) is 30.3 Å². The van der Waals surface area contributed by atoms with Crippen molar-refractivity contribution in [1.82, 2.24) is 10.0 Å². The number of hydrogen-bond donors (Lipinski definition) is 2. The Labute approximate surface area is 114 Å². The molecule has 2 N–H and O–H groups in total. The molecule has 0 aliphatic carbocycles. The molecule has 1 aromatic carbocycles. The van der Waals surface area contributed by atoms with Crippen LogP contribution in [0.1, 0.15) is 12.8 Å². The maximum atomic E-state index is 11.8. The summed E-state index contributed by atoms with van der Waals surface area (Å²) in [6, 6.07) is 9.48. The van der Waals surface area contributed by atoms with Crippen molar-refractivity contribution in [1.29, 1.82) is 0 Å². The number of rotatable bonds is 7. The molecule has 1 heterocycles. The minimum atomic E-state index is -3.25. The minimum absolute atomic E-state index is 0.0192. The van der Waals surface area contributed by atoms with Crippen LogP contribution in [0.5, 0.6) is 5.75 Å². The van der Waals surface area contributed by atoms with Crippen molar-refractivity contribution in [3.8, 4) is 5.75 Å². The quantitative estimate of drug-likeness (QED) is 0.775. The molecule has 0 spiro atoms. The van der Waals surface area contributed by atoms with Gasteiger partial charge in [-0.25, -0.2) is 13.1 Å². The summed E-state index contributed by atoms with van der Waals surface area (Å²) in [7, 11) is -3.25. The Bertz CT molecular complexity index is 470. The Balaban J connectivity index is 1.68. The van der Waals surface area contributed by atoms with E-state index in [-0.39, 0.29) is 18.4 Å². The van der Waals surface area contributed by atoms with Gasteiger partial charge in [0, 0.05) is 12.6 Å². The van der Waals surface area contributed by atoms with Crippen molar-refractivity contribution in [3.05, 3.63) is 30.3 Å². The van der Waals surface area contributed by atoms with Gasteiger partial charge in [-0.05, 0) is 31.5 Å². The lowest BCUT2D eigenvalue weighted by molar-refractivity contribution is 0.340. The van der Waals surface area contributed by atoms with Gasteiger partial charge in [0.25, 0.3) is 0 Å². The van der Waals surface area contributed by atoms with Crippen molar-refractivity contribution in [2.45, 2.75) is 18.9 Å². The summed E-state index contributed by atoms with van der Waals surface area (Å²) >= 11 is 0. The van der Waals surface area contributed by atoms with Crippen LogP contribution in [0, 0.1) is 0 Å². The van der Waals surface area contributed by atoms with E-state index in [1.165, 1.54) is 0 Å². The highest BCUT2D eigenvalue weighted by Crippen LogP contribution is 2.08. The Morgan fingerprint density at radius 2 is 2.11 bits per heavy atom. The van der Waals surface area contributed by atoms with E-state index in [4.69, 9.17) is 4.74 Å². The van der Waals surface area contributed by atoms with E-state index in [2.05, 4.69) is 10.0 Å². The smallest absolute Gasteiger partial charge is 0.215 e.